The normalized spacial score (nSPS) is 19.8. The van der Waals surface area contributed by atoms with Crippen molar-refractivity contribution in [1.29, 1.82) is 0 Å². The van der Waals surface area contributed by atoms with Gasteiger partial charge in [0, 0.05) is 11.1 Å². The van der Waals surface area contributed by atoms with Crippen molar-refractivity contribution in [3.63, 3.8) is 0 Å². The van der Waals surface area contributed by atoms with Gasteiger partial charge >= 0.3 is 0 Å². The molecule has 1 fully saturated rings. The topological polar surface area (TPSA) is 38.3 Å². The second kappa shape index (κ2) is 5.17. The molecule has 1 aromatic rings. The van der Waals surface area contributed by atoms with Crippen molar-refractivity contribution in [3.05, 3.63) is 33.3 Å². The van der Waals surface area contributed by atoms with Crippen LogP contribution in [0.5, 0.6) is 0 Å². The Kier molecular flexibility index (Phi) is 3.84. The van der Waals surface area contributed by atoms with Crippen molar-refractivity contribution >= 4 is 33.4 Å². The summed E-state index contributed by atoms with van der Waals surface area (Å²) in [4.78, 5) is 11.9. The molecular formula is C11H11BrClNO2. The summed E-state index contributed by atoms with van der Waals surface area (Å²) in [5.41, 5.74) is 0.489. The molecule has 16 heavy (non-hydrogen) atoms. The van der Waals surface area contributed by atoms with E-state index in [0.717, 1.165) is 10.9 Å². The molecule has 2 rings (SSSR count). The largest absolute Gasteiger partial charge is 0.379 e. The van der Waals surface area contributed by atoms with E-state index in [1.165, 1.54) is 0 Å². The van der Waals surface area contributed by atoms with E-state index in [4.69, 9.17) is 16.3 Å². The Bertz CT molecular complexity index is 405. The molecule has 1 saturated heterocycles. The van der Waals surface area contributed by atoms with E-state index in [1.807, 2.05) is 0 Å². The number of halogens is 2. The molecule has 1 aliphatic heterocycles. The van der Waals surface area contributed by atoms with Gasteiger partial charge in [-0.15, -0.1) is 0 Å². The van der Waals surface area contributed by atoms with E-state index in [1.54, 1.807) is 18.2 Å². The molecule has 1 amide bonds. The molecule has 0 aromatic heterocycles. The van der Waals surface area contributed by atoms with E-state index in [2.05, 4.69) is 21.2 Å². The first kappa shape index (κ1) is 11.9. The zero-order chi connectivity index (χ0) is 11.5. The predicted molar refractivity (Wildman–Crippen MR) is 65.8 cm³/mol. The molecule has 86 valence electrons. The van der Waals surface area contributed by atoms with Gasteiger partial charge < -0.3 is 10.1 Å². The molecule has 0 saturated carbocycles. The standard InChI is InChI=1S/C11H11BrClNO2/c12-7-1-2-10(13)9(5-7)11(15)14-8-3-4-16-6-8/h1-2,5,8H,3-4,6H2,(H,14,15). The van der Waals surface area contributed by atoms with Gasteiger partial charge in [0.05, 0.1) is 23.2 Å². The summed E-state index contributed by atoms with van der Waals surface area (Å²) in [5.74, 6) is -0.151. The summed E-state index contributed by atoms with van der Waals surface area (Å²) < 4.78 is 6.03. The van der Waals surface area contributed by atoms with E-state index < -0.39 is 0 Å². The fourth-order valence-corrected chi connectivity index (χ4v) is 2.15. The minimum Gasteiger partial charge on any atom is -0.379 e. The summed E-state index contributed by atoms with van der Waals surface area (Å²) in [5, 5.41) is 3.35. The van der Waals surface area contributed by atoms with Crippen molar-refractivity contribution < 1.29 is 9.53 Å². The Labute approximate surface area is 107 Å². The molecule has 1 aliphatic rings. The Hall–Kier alpha value is -0.580. The number of hydrogen-bond acceptors (Lipinski definition) is 2. The van der Waals surface area contributed by atoms with Crippen molar-refractivity contribution in [3.8, 4) is 0 Å². The van der Waals surface area contributed by atoms with Crippen LogP contribution in [0.25, 0.3) is 0 Å². The zero-order valence-electron chi connectivity index (χ0n) is 8.50. The van der Waals surface area contributed by atoms with Crippen molar-refractivity contribution in [1.82, 2.24) is 5.32 Å². The summed E-state index contributed by atoms with van der Waals surface area (Å²) in [6.45, 7) is 1.29. The van der Waals surface area contributed by atoms with Gasteiger partial charge in [0.1, 0.15) is 0 Å². The molecule has 0 bridgehead atoms. The number of nitrogens with one attached hydrogen (secondary N) is 1. The molecule has 1 aromatic carbocycles. The van der Waals surface area contributed by atoms with Crippen LogP contribution in [0.1, 0.15) is 16.8 Å². The third kappa shape index (κ3) is 2.75. The average molecular weight is 305 g/mol. The first-order chi connectivity index (χ1) is 7.66. The van der Waals surface area contributed by atoms with Gasteiger partial charge in [-0.2, -0.15) is 0 Å². The maximum atomic E-state index is 11.9. The van der Waals surface area contributed by atoms with Gasteiger partial charge in [0.2, 0.25) is 0 Å². The number of carbonyl (C=O) groups excluding carboxylic acids is 1. The Morgan fingerprint density at radius 1 is 1.56 bits per heavy atom. The molecule has 1 N–H and O–H groups in total. The predicted octanol–water partition coefficient (Wildman–Crippen LogP) is 2.62. The SMILES string of the molecule is O=C(NC1CCOC1)c1cc(Br)ccc1Cl. The fourth-order valence-electron chi connectivity index (χ4n) is 1.58. The van der Waals surface area contributed by atoms with Crippen molar-refractivity contribution in [2.45, 2.75) is 12.5 Å². The summed E-state index contributed by atoms with van der Waals surface area (Å²) in [6, 6.07) is 5.32. The lowest BCUT2D eigenvalue weighted by molar-refractivity contribution is 0.0930. The van der Waals surface area contributed by atoms with Gasteiger partial charge in [-0.05, 0) is 24.6 Å². The number of benzene rings is 1. The first-order valence-electron chi connectivity index (χ1n) is 5.00. The summed E-state index contributed by atoms with van der Waals surface area (Å²) in [6.07, 6.45) is 0.858. The Morgan fingerprint density at radius 2 is 2.38 bits per heavy atom. The van der Waals surface area contributed by atoms with Gasteiger partial charge in [-0.3, -0.25) is 4.79 Å². The number of rotatable bonds is 2. The quantitative estimate of drug-likeness (QED) is 0.912. The summed E-state index contributed by atoms with van der Waals surface area (Å²) in [7, 11) is 0. The van der Waals surface area contributed by atoms with Crippen LogP contribution >= 0.6 is 27.5 Å². The summed E-state index contributed by atoms with van der Waals surface area (Å²) >= 11 is 9.28. The van der Waals surface area contributed by atoms with Gasteiger partial charge in [-0.1, -0.05) is 27.5 Å². The van der Waals surface area contributed by atoms with E-state index in [0.29, 0.717) is 23.8 Å². The minimum absolute atomic E-state index is 0.0996. The second-order valence-electron chi connectivity index (χ2n) is 3.66. The van der Waals surface area contributed by atoms with Crippen LogP contribution in [-0.4, -0.2) is 25.2 Å². The molecule has 3 nitrogen and oxygen atoms in total. The van der Waals surface area contributed by atoms with Crippen LogP contribution in [-0.2, 0) is 4.74 Å². The Morgan fingerprint density at radius 3 is 3.06 bits per heavy atom. The zero-order valence-corrected chi connectivity index (χ0v) is 10.8. The minimum atomic E-state index is -0.151. The highest BCUT2D eigenvalue weighted by molar-refractivity contribution is 9.10. The lowest BCUT2D eigenvalue weighted by Crippen LogP contribution is -2.35. The molecule has 0 aliphatic carbocycles. The van der Waals surface area contributed by atoms with E-state index in [-0.39, 0.29) is 11.9 Å². The van der Waals surface area contributed by atoms with Gasteiger partial charge in [0.25, 0.3) is 5.91 Å². The fraction of sp³-hybridized carbons (Fsp3) is 0.364. The molecule has 1 atom stereocenters. The second-order valence-corrected chi connectivity index (χ2v) is 4.98. The van der Waals surface area contributed by atoms with Gasteiger partial charge in [0.15, 0.2) is 0 Å². The number of ether oxygens (including phenoxy) is 1. The molecule has 1 unspecified atom stereocenters. The third-order valence-electron chi connectivity index (χ3n) is 2.44. The molecule has 1 heterocycles. The molecular weight excluding hydrogens is 293 g/mol. The smallest absolute Gasteiger partial charge is 0.253 e. The molecule has 0 radical (unpaired) electrons. The maximum Gasteiger partial charge on any atom is 0.253 e. The highest BCUT2D eigenvalue weighted by atomic mass is 79.9. The monoisotopic (exact) mass is 303 g/mol. The van der Waals surface area contributed by atoms with Crippen LogP contribution in [0.2, 0.25) is 5.02 Å². The molecule has 0 spiro atoms. The average Bonchev–Trinajstić information content (AvgIpc) is 2.74. The third-order valence-corrected chi connectivity index (χ3v) is 3.26. The maximum absolute atomic E-state index is 11.9. The highest BCUT2D eigenvalue weighted by Crippen LogP contribution is 2.21. The van der Waals surface area contributed by atoms with E-state index >= 15 is 0 Å². The number of hydrogen-bond donors (Lipinski definition) is 1. The van der Waals surface area contributed by atoms with E-state index in [9.17, 15) is 4.79 Å². The van der Waals surface area contributed by atoms with Crippen LogP contribution in [0.4, 0.5) is 0 Å². The lowest BCUT2D eigenvalue weighted by Gasteiger charge is -2.11. The van der Waals surface area contributed by atoms with Crippen LogP contribution in [0, 0.1) is 0 Å². The lowest BCUT2D eigenvalue weighted by atomic mass is 10.2. The number of carbonyl (C=O) groups is 1. The number of amides is 1. The van der Waals surface area contributed by atoms with Crippen molar-refractivity contribution in [2.24, 2.45) is 0 Å². The van der Waals surface area contributed by atoms with Crippen LogP contribution in [0.15, 0.2) is 22.7 Å². The van der Waals surface area contributed by atoms with Gasteiger partial charge in [-0.25, -0.2) is 0 Å². The van der Waals surface area contributed by atoms with Crippen LogP contribution < -0.4 is 5.32 Å². The Balaban J connectivity index is 2.10. The first-order valence-corrected chi connectivity index (χ1v) is 6.17. The highest BCUT2D eigenvalue weighted by Gasteiger charge is 2.19. The molecule has 5 heteroatoms. The van der Waals surface area contributed by atoms with Crippen LogP contribution in [0.3, 0.4) is 0 Å². The van der Waals surface area contributed by atoms with Crippen molar-refractivity contribution in [2.75, 3.05) is 13.2 Å².